The van der Waals surface area contributed by atoms with E-state index in [9.17, 15) is 9.59 Å². The van der Waals surface area contributed by atoms with E-state index in [4.69, 9.17) is 0 Å². The summed E-state index contributed by atoms with van der Waals surface area (Å²) in [5.41, 5.74) is 2.54. The van der Waals surface area contributed by atoms with E-state index in [1.807, 2.05) is 26.0 Å². The van der Waals surface area contributed by atoms with Crippen molar-refractivity contribution < 1.29 is 9.59 Å². The van der Waals surface area contributed by atoms with Crippen molar-refractivity contribution in [1.82, 2.24) is 19.7 Å². The Morgan fingerprint density at radius 3 is 2.76 bits per heavy atom. The van der Waals surface area contributed by atoms with E-state index in [0.717, 1.165) is 30.7 Å². The lowest BCUT2D eigenvalue weighted by Crippen LogP contribution is -2.37. The topological polar surface area (TPSA) is 80.1 Å². The molecule has 2 aromatic rings. The van der Waals surface area contributed by atoms with Gasteiger partial charge in [-0.05, 0) is 44.9 Å². The van der Waals surface area contributed by atoms with E-state index >= 15 is 0 Å². The van der Waals surface area contributed by atoms with Crippen LogP contribution in [-0.2, 0) is 9.59 Å². The molecule has 1 fully saturated rings. The average Bonchev–Trinajstić information content (AvgIpc) is 2.78. The number of carbonyl (C=O) groups is 2. The maximum Gasteiger partial charge on any atom is 0.244 e. The Morgan fingerprint density at radius 2 is 2.08 bits per heavy atom. The number of aromatic nitrogens is 3. The highest BCUT2D eigenvalue weighted by Gasteiger charge is 2.19. The van der Waals surface area contributed by atoms with Gasteiger partial charge in [0, 0.05) is 18.7 Å². The number of nitrogens with one attached hydrogen (secondary N) is 1. The van der Waals surface area contributed by atoms with Crippen LogP contribution in [-0.4, -0.2) is 44.6 Å². The molecular formula is C18H23N5O2. The van der Waals surface area contributed by atoms with Gasteiger partial charge in [0.05, 0.1) is 24.1 Å². The van der Waals surface area contributed by atoms with Crippen LogP contribution in [0.15, 0.2) is 24.4 Å². The van der Waals surface area contributed by atoms with Crippen LogP contribution in [0.25, 0.3) is 5.82 Å². The molecule has 25 heavy (non-hydrogen) atoms. The number of hydrogen-bond donors (Lipinski definition) is 1. The van der Waals surface area contributed by atoms with E-state index in [0.29, 0.717) is 24.5 Å². The molecule has 2 aromatic heterocycles. The van der Waals surface area contributed by atoms with Crippen molar-refractivity contribution >= 4 is 17.5 Å². The maximum absolute atomic E-state index is 12.2. The Morgan fingerprint density at radius 1 is 1.24 bits per heavy atom. The molecule has 1 N–H and O–H groups in total. The number of hydrogen-bond acceptors (Lipinski definition) is 4. The Bertz CT molecular complexity index is 766. The third-order valence-electron chi connectivity index (χ3n) is 4.26. The van der Waals surface area contributed by atoms with Crippen molar-refractivity contribution in [2.45, 2.75) is 39.5 Å². The Hall–Kier alpha value is -2.70. The van der Waals surface area contributed by atoms with Crippen LogP contribution >= 0.6 is 0 Å². The van der Waals surface area contributed by atoms with Gasteiger partial charge in [0.2, 0.25) is 11.8 Å². The second-order valence-electron chi connectivity index (χ2n) is 6.42. The quantitative estimate of drug-likeness (QED) is 0.925. The number of pyridine rings is 1. The van der Waals surface area contributed by atoms with Gasteiger partial charge in [0.25, 0.3) is 0 Å². The van der Waals surface area contributed by atoms with Crippen LogP contribution in [0, 0.1) is 13.8 Å². The average molecular weight is 341 g/mol. The van der Waals surface area contributed by atoms with Gasteiger partial charge in [-0.15, -0.1) is 0 Å². The molecule has 3 heterocycles. The Balaban J connectivity index is 1.62. The summed E-state index contributed by atoms with van der Waals surface area (Å²) in [5, 5.41) is 7.19. The van der Waals surface area contributed by atoms with Crippen LogP contribution in [0.1, 0.15) is 37.1 Å². The van der Waals surface area contributed by atoms with Crippen LogP contribution in [0.4, 0.5) is 5.69 Å². The Kier molecular flexibility index (Phi) is 5.11. The second kappa shape index (κ2) is 7.46. The van der Waals surface area contributed by atoms with Crippen LogP contribution in [0.3, 0.4) is 0 Å². The fourth-order valence-corrected chi connectivity index (χ4v) is 3.03. The highest BCUT2D eigenvalue weighted by Crippen LogP contribution is 2.14. The molecule has 0 radical (unpaired) electrons. The van der Waals surface area contributed by atoms with Gasteiger partial charge in [-0.3, -0.25) is 9.59 Å². The number of likely N-dealkylation sites (tertiary alicyclic amines) is 1. The van der Waals surface area contributed by atoms with E-state index in [-0.39, 0.29) is 18.4 Å². The first-order valence-corrected chi connectivity index (χ1v) is 8.60. The van der Waals surface area contributed by atoms with Gasteiger partial charge in [-0.25, -0.2) is 9.67 Å². The molecule has 7 heteroatoms. The molecule has 7 nitrogen and oxygen atoms in total. The summed E-state index contributed by atoms with van der Waals surface area (Å²) in [4.78, 5) is 30.2. The van der Waals surface area contributed by atoms with Crippen LogP contribution in [0.2, 0.25) is 0 Å². The lowest BCUT2D eigenvalue weighted by atomic mass is 10.2. The number of anilines is 1. The smallest absolute Gasteiger partial charge is 0.244 e. The van der Waals surface area contributed by atoms with Crippen molar-refractivity contribution in [2.75, 3.05) is 18.4 Å². The standard InChI is InChI=1S/C18H23N5O2/c1-13-10-14(2)23(21-13)16-8-7-15(11-19-16)20-17(24)12-22-9-5-3-4-6-18(22)25/h7-8,10-11H,3-6,9,12H2,1-2H3,(H,20,24). The highest BCUT2D eigenvalue weighted by molar-refractivity contribution is 5.94. The molecule has 1 aliphatic heterocycles. The van der Waals surface area contributed by atoms with Crippen LogP contribution in [0.5, 0.6) is 0 Å². The zero-order chi connectivity index (χ0) is 17.8. The summed E-state index contributed by atoms with van der Waals surface area (Å²) in [7, 11) is 0. The first-order chi connectivity index (χ1) is 12.0. The molecule has 0 bridgehead atoms. The normalized spacial score (nSPS) is 15.1. The largest absolute Gasteiger partial charge is 0.333 e. The lowest BCUT2D eigenvalue weighted by molar-refractivity contribution is -0.134. The molecule has 1 saturated heterocycles. The molecule has 0 saturated carbocycles. The van der Waals surface area contributed by atoms with E-state index in [1.54, 1.807) is 21.8 Å². The summed E-state index contributed by atoms with van der Waals surface area (Å²) in [6.45, 7) is 4.65. The van der Waals surface area contributed by atoms with Gasteiger partial charge in [-0.1, -0.05) is 6.42 Å². The first kappa shape index (κ1) is 17.1. The van der Waals surface area contributed by atoms with Gasteiger partial charge >= 0.3 is 0 Å². The van der Waals surface area contributed by atoms with Gasteiger partial charge in [-0.2, -0.15) is 5.10 Å². The number of rotatable bonds is 4. The SMILES string of the molecule is Cc1cc(C)n(-c2ccc(NC(=O)CN3CCCCCC3=O)cn2)n1. The van der Waals surface area contributed by atoms with Crippen molar-refractivity contribution in [3.63, 3.8) is 0 Å². The third-order valence-corrected chi connectivity index (χ3v) is 4.26. The molecule has 0 aromatic carbocycles. The highest BCUT2D eigenvalue weighted by atomic mass is 16.2. The summed E-state index contributed by atoms with van der Waals surface area (Å²) >= 11 is 0. The molecule has 132 valence electrons. The monoisotopic (exact) mass is 341 g/mol. The fourth-order valence-electron chi connectivity index (χ4n) is 3.03. The summed E-state index contributed by atoms with van der Waals surface area (Å²) in [6.07, 6.45) is 5.05. The van der Waals surface area contributed by atoms with Crippen molar-refractivity contribution in [3.8, 4) is 5.82 Å². The van der Waals surface area contributed by atoms with Gasteiger partial charge in [0.15, 0.2) is 5.82 Å². The van der Waals surface area contributed by atoms with Crippen molar-refractivity contribution in [2.24, 2.45) is 0 Å². The van der Waals surface area contributed by atoms with Crippen molar-refractivity contribution in [3.05, 3.63) is 35.8 Å². The first-order valence-electron chi connectivity index (χ1n) is 8.60. The fraction of sp³-hybridized carbons (Fsp3) is 0.444. The summed E-state index contributed by atoms with van der Waals surface area (Å²) in [5.74, 6) is 0.563. The van der Waals surface area contributed by atoms with Crippen molar-refractivity contribution in [1.29, 1.82) is 0 Å². The number of amides is 2. The second-order valence-corrected chi connectivity index (χ2v) is 6.42. The Labute approximate surface area is 147 Å². The number of nitrogens with zero attached hydrogens (tertiary/aromatic N) is 4. The minimum absolute atomic E-state index is 0.0608. The zero-order valence-electron chi connectivity index (χ0n) is 14.7. The predicted molar refractivity (Wildman–Crippen MR) is 94.5 cm³/mol. The molecule has 2 amide bonds. The maximum atomic E-state index is 12.2. The summed E-state index contributed by atoms with van der Waals surface area (Å²) < 4.78 is 1.76. The zero-order valence-corrected chi connectivity index (χ0v) is 14.7. The van der Waals surface area contributed by atoms with Gasteiger partial charge < -0.3 is 10.2 Å². The van der Waals surface area contributed by atoms with Crippen LogP contribution < -0.4 is 5.32 Å². The number of aryl methyl sites for hydroxylation is 2. The third kappa shape index (κ3) is 4.23. The van der Waals surface area contributed by atoms with Gasteiger partial charge in [0.1, 0.15) is 0 Å². The molecule has 1 aliphatic rings. The summed E-state index contributed by atoms with van der Waals surface area (Å²) in [6, 6.07) is 5.59. The molecule has 0 unspecified atom stereocenters. The molecule has 0 atom stereocenters. The predicted octanol–water partition coefficient (Wildman–Crippen LogP) is 2.23. The number of carbonyl (C=O) groups excluding carboxylic acids is 2. The minimum Gasteiger partial charge on any atom is -0.333 e. The molecular weight excluding hydrogens is 318 g/mol. The van der Waals surface area contributed by atoms with E-state index in [2.05, 4.69) is 15.4 Å². The molecule has 0 aliphatic carbocycles. The van der Waals surface area contributed by atoms with E-state index < -0.39 is 0 Å². The van der Waals surface area contributed by atoms with E-state index in [1.165, 1.54) is 0 Å². The molecule has 0 spiro atoms. The minimum atomic E-state index is -0.198. The molecule has 3 rings (SSSR count). The lowest BCUT2D eigenvalue weighted by Gasteiger charge is -2.19.